The summed E-state index contributed by atoms with van der Waals surface area (Å²) in [7, 11) is 1.44. The molecule has 1 amide bonds. The molecule has 0 aliphatic carbocycles. The maximum atomic E-state index is 12.5. The van der Waals surface area contributed by atoms with E-state index in [-0.39, 0.29) is 12.2 Å². The first kappa shape index (κ1) is 11.2. The lowest BCUT2D eigenvalue weighted by Crippen LogP contribution is -2.25. The Morgan fingerprint density at radius 2 is 1.93 bits per heavy atom. The molecule has 0 bridgehead atoms. The molecule has 4 nitrogen and oxygen atoms in total. The summed E-state index contributed by atoms with van der Waals surface area (Å²) in [5, 5.41) is 2.30. The molecule has 1 N–H and O–H groups in total. The van der Waals surface area contributed by atoms with Crippen molar-refractivity contribution in [2.24, 2.45) is 0 Å². The zero-order valence-electron chi connectivity index (χ0n) is 8.12. The van der Waals surface area contributed by atoms with Gasteiger partial charge in [-0.3, -0.25) is 4.79 Å². The summed E-state index contributed by atoms with van der Waals surface area (Å²) in [6.45, 7) is -0.341. The van der Waals surface area contributed by atoms with E-state index in [0.29, 0.717) is 0 Å². The molecule has 0 atom stereocenters. The topological polar surface area (TPSA) is 55.4 Å². The van der Waals surface area contributed by atoms with Gasteiger partial charge in [0.1, 0.15) is 5.82 Å². The van der Waals surface area contributed by atoms with Crippen LogP contribution in [0.4, 0.5) is 4.39 Å². The number of nitrogens with one attached hydrogen (secondary N) is 1. The van der Waals surface area contributed by atoms with Crippen molar-refractivity contribution in [2.45, 2.75) is 0 Å². The lowest BCUT2D eigenvalue weighted by atomic mass is 10.2. The third-order valence-electron chi connectivity index (χ3n) is 1.69. The standard InChI is InChI=1S/C10H10FNO3/c1-12-9(13)6-15-10(14)7-2-4-8(11)5-3-7/h2-5H,6H2,1H3,(H,12,13). The van der Waals surface area contributed by atoms with E-state index >= 15 is 0 Å². The maximum Gasteiger partial charge on any atom is 0.338 e. The molecule has 1 rings (SSSR count). The lowest BCUT2D eigenvalue weighted by Gasteiger charge is -2.03. The van der Waals surface area contributed by atoms with Gasteiger partial charge in [-0.25, -0.2) is 9.18 Å². The fourth-order valence-corrected chi connectivity index (χ4v) is 0.873. The van der Waals surface area contributed by atoms with Crippen LogP contribution in [-0.4, -0.2) is 25.5 Å². The van der Waals surface area contributed by atoms with Gasteiger partial charge in [0.25, 0.3) is 5.91 Å². The third kappa shape index (κ3) is 3.38. The Kier molecular flexibility index (Phi) is 3.79. The fourth-order valence-electron chi connectivity index (χ4n) is 0.873. The SMILES string of the molecule is CNC(=O)COC(=O)c1ccc(F)cc1. The highest BCUT2D eigenvalue weighted by atomic mass is 19.1. The monoisotopic (exact) mass is 211 g/mol. The van der Waals surface area contributed by atoms with Gasteiger partial charge >= 0.3 is 5.97 Å². The van der Waals surface area contributed by atoms with Crippen LogP contribution in [0.5, 0.6) is 0 Å². The van der Waals surface area contributed by atoms with Crippen molar-refractivity contribution >= 4 is 11.9 Å². The Bertz CT molecular complexity index is 361. The van der Waals surface area contributed by atoms with Crippen molar-refractivity contribution < 1.29 is 18.7 Å². The van der Waals surface area contributed by atoms with E-state index in [2.05, 4.69) is 10.1 Å². The highest BCUT2D eigenvalue weighted by Crippen LogP contribution is 2.04. The molecule has 15 heavy (non-hydrogen) atoms. The van der Waals surface area contributed by atoms with Crippen LogP contribution in [0.15, 0.2) is 24.3 Å². The fraction of sp³-hybridized carbons (Fsp3) is 0.200. The molecule has 0 fully saturated rings. The third-order valence-corrected chi connectivity index (χ3v) is 1.69. The smallest absolute Gasteiger partial charge is 0.338 e. The molecule has 0 unspecified atom stereocenters. The number of hydrogen-bond donors (Lipinski definition) is 1. The summed E-state index contributed by atoms with van der Waals surface area (Å²) in [6.07, 6.45) is 0. The molecule has 1 aromatic carbocycles. The van der Waals surface area contributed by atoms with Gasteiger partial charge in [0.05, 0.1) is 5.56 Å². The number of amides is 1. The van der Waals surface area contributed by atoms with E-state index in [1.165, 1.54) is 19.2 Å². The number of carbonyl (C=O) groups is 2. The molecule has 80 valence electrons. The Hall–Kier alpha value is -1.91. The van der Waals surface area contributed by atoms with Crippen molar-refractivity contribution in [2.75, 3.05) is 13.7 Å². The van der Waals surface area contributed by atoms with Crippen LogP contribution in [0.25, 0.3) is 0 Å². The minimum absolute atomic E-state index is 0.209. The zero-order chi connectivity index (χ0) is 11.3. The average Bonchev–Trinajstić information content (AvgIpc) is 2.26. The van der Waals surface area contributed by atoms with Gasteiger partial charge in [0, 0.05) is 7.05 Å². The van der Waals surface area contributed by atoms with Crippen molar-refractivity contribution in [3.05, 3.63) is 35.6 Å². The lowest BCUT2D eigenvalue weighted by molar-refractivity contribution is -0.123. The van der Waals surface area contributed by atoms with Crippen molar-refractivity contribution in [3.8, 4) is 0 Å². The number of ether oxygens (including phenoxy) is 1. The Morgan fingerprint density at radius 1 is 1.33 bits per heavy atom. The van der Waals surface area contributed by atoms with Gasteiger partial charge in [-0.05, 0) is 24.3 Å². The van der Waals surface area contributed by atoms with E-state index in [9.17, 15) is 14.0 Å². The summed E-state index contributed by atoms with van der Waals surface area (Å²) >= 11 is 0. The average molecular weight is 211 g/mol. The summed E-state index contributed by atoms with van der Waals surface area (Å²) in [5.74, 6) is -1.48. The molecule has 0 saturated carbocycles. The van der Waals surface area contributed by atoms with E-state index < -0.39 is 17.7 Å². The molecule has 1 aromatic rings. The normalized spacial score (nSPS) is 9.47. The second kappa shape index (κ2) is 5.09. The van der Waals surface area contributed by atoms with Gasteiger partial charge in [-0.15, -0.1) is 0 Å². The predicted octanol–water partition coefficient (Wildman–Crippen LogP) is 0.728. The van der Waals surface area contributed by atoms with E-state index in [4.69, 9.17) is 0 Å². The molecule has 5 heteroatoms. The van der Waals surface area contributed by atoms with Crippen LogP contribution in [0, 0.1) is 5.82 Å². The van der Waals surface area contributed by atoms with Crippen molar-refractivity contribution in [3.63, 3.8) is 0 Å². The minimum atomic E-state index is -0.654. The summed E-state index contributed by atoms with van der Waals surface area (Å²) in [5.41, 5.74) is 0.209. The minimum Gasteiger partial charge on any atom is -0.452 e. The number of halogens is 1. The quantitative estimate of drug-likeness (QED) is 0.750. The van der Waals surface area contributed by atoms with E-state index in [1.807, 2.05) is 0 Å². The Labute approximate surface area is 86.0 Å². The number of likely N-dealkylation sites (N-methyl/N-ethyl adjacent to an activating group) is 1. The van der Waals surface area contributed by atoms with Crippen LogP contribution in [0.3, 0.4) is 0 Å². The Balaban J connectivity index is 2.54. The molecular formula is C10H10FNO3. The van der Waals surface area contributed by atoms with Gasteiger partial charge < -0.3 is 10.1 Å². The highest BCUT2D eigenvalue weighted by molar-refractivity contribution is 5.91. The van der Waals surface area contributed by atoms with Crippen molar-refractivity contribution in [1.82, 2.24) is 5.32 Å². The predicted molar refractivity (Wildman–Crippen MR) is 50.7 cm³/mol. The molecule has 0 aromatic heterocycles. The van der Waals surface area contributed by atoms with Crippen LogP contribution < -0.4 is 5.32 Å². The van der Waals surface area contributed by atoms with Crippen LogP contribution >= 0.6 is 0 Å². The number of esters is 1. The largest absolute Gasteiger partial charge is 0.452 e. The van der Waals surface area contributed by atoms with Crippen LogP contribution in [-0.2, 0) is 9.53 Å². The first-order valence-corrected chi connectivity index (χ1v) is 4.26. The Morgan fingerprint density at radius 3 is 2.47 bits per heavy atom. The molecular weight excluding hydrogens is 201 g/mol. The van der Waals surface area contributed by atoms with Crippen LogP contribution in [0.1, 0.15) is 10.4 Å². The van der Waals surface area contributed by atoms with Gasteiger partial charge in [0.15, 0.2) is 6.61 Å². The van der Waals surface area contributed by atoms with Gasteiger partial charge in [-0.2, -0.15) is 0 Å². The number of benzene rings is 1. The molecule has 0 spiro atoms. The van der Waals surface area contributed by atoms with E-state index in [0.717, 1.165) is 12.1 Å². The summed E-state index contributed by atoms with van der Waals surface area (Å²) < 4.78 is 17.1. The highest BCUT2D eigenvalue weighted by Gasteiger charge is 2.08. The molecule has 0 aliphatic heterocycles. The second-order valence-corrected chi connectivity index (χ2v) is 2.76. The second-order valence-electron chi connectivity index (χ2n) is 2.76. The number of carbonyl (C=O) groups excluding carboxylic acids is 2. The number of hydrogen-bond acceptors (Lipinski definition) is 3. The summed E-state index contributed by atoms with van der Waals surface area (Å²) in [4.78, 5) is 22.0. The zero-order valence-corrected chi connectivity index (χ0v) is 8.12. The molecule has 0 radical (unpaired) electrons. The van der Waals surface area contributed by atoms with E-state index in [1.54, 1.807) is 0 Å². The van der Waals surface area contributed by atoms with Gasteiger partial charge in [0.2, 0.25) is 0 Å². The number of rotatable bonds is 3. The first-order chi connectivity index (χ1) is 7.13. The molecule has 0 aliphatic rings. The molecule has 0 saturated heterocycles. The van der Waals surface area contributed by atoms with Gasteiger partial charge in [-0.1, -0.05) is 0 Å². The molecule has 0 heterocycles. The summed E-state index contributed by atoms with van der Waals surface area (Å²) in [6, 6.07) is 4.88. The first-order valence-electron chi connectivity index (χ1n) is 4.26. The maximum absolute atomic E-state index is 12.5. The van der Waals surface area contributed by atoms with Crippen molar-refractivity contribution in [1.29, 1.82) is 0 Å². The van der Waals surface area contributed by atoms with Crippen LogP contribution in [0.2, 0.25) is 0 Å².